The molecule has 1 amide bonds. The zero-order chi connectivity index (χ0) is 20.1. The van der Waals surface area contributed by atoms with E-state index in [0.29, 0.717) is 25.2 Å². The number of para-hydroxylation sites is 1. The summed E-state index contributed by atoms with van der Waals surface area (Å²) in [7, 11) is -3.74. The third-order valence-corrected chi connectivity index (χ3v) is 7.37. The lowest BCUT2D eigenvalue weighted by Gasteiger charge is -2.23. The smallest absolute Gasteiger partial charge is 0.258 e. The first-order valence-corrected chi connectivity index (χ1v) is 11.4. The van der Waals surface area contributed by atoms with E-state index in [1.54, 1.807) is 11.0 Å². The molecular weight excluding hydrogens is 396 g/mol. The summed E-state index contributed by atoms with van der Waals surface area (Å²) in [6.07, 6.45) is 3.74. The van der Waals surface area contributed by atoms with E-state index in [-0.39, 0.29) is 15.8 Å². The Balaban J connectivity index is 1.95. The Morgan fingerprint density at radius 2 is 1.68 bits per heavy atom. The van der Waals surface area contributed by atoms with Gasteiger partial charge in [0.25, 0.3) is 5.91 Å². The van der Waals surface area contributed by atoms with E-state index in [0.717, 1.165) is 31.4 Å². The van der Waals surface area contributed by atoms with Crippen molar-refractivity contribution in [3.63, 3.8) is 0 Å². The van der Waals surface area contributed by atoms with Gasteiger partial charge in [-0.05, 0) is 50.1 Å². The Morgan fingerprint density at radius 1 is 1.04 bits per heavy atom. The lowest BCUT2D eigenvalue weighted by Crippen LogP contribution is -2.33. The van der Waals surface area contributed by atoms with E-state index in [1.807, 2.05) is 37.3 Å². The van der Waals surface area contributed by atoms with Crippen molar-refractivity contribution in [2.24, 2.45) is 0 Å². The first kappa shape index (κ1) is 20.8. The second kappa shape index (κ2) is 9.07. The predicted molar refractivity (Wildman–Crippen MR) is 112 cm³/mol. The zero-order valence-corrected chi connectivity index (χ0v) is 17.5. The summed E-state index contributed by atoms with van der Waals surface area (Å²) >= 11 is 6.25. The third-order valence-electron chi connectivity index (χ3n) is 4.99. The van der Waals surface area contributed by atoms with Gasteiger partial charge in [-0.15, -0.1) is 0 Å². The minimum absolute atomic E-state index is 0.00558. The molecule has 2 aromatic carbocycles. The van der Waals surface area contributed by atoms with E-state index in [9.17, 15) is 13.2 Å². The highest BCUT2D eigenvalue weighted by atomic mass is 35.5. The highest BCUT2D eigenvalue weighted by Crippen LogP contribution is 2.28. The van der Waals surface area contributed by atoms with Crippen molar-refractivity contribution in [2.45, 2.75) is 37.5 Å². The summed E-state index contributed by atoms with van der Waals surface area (Å²) in [6.45, 7) is 3.33. The molecule has 1 fully saturated rings. The fourth-order valence-corrected chi connectivity index (χ4v) is 5.48. The van der Waals surface area contributed by atoms with Gasteiger partial charge in [-0.1, -0.05) is 42.6 Å². The number of nitrogens with zero attached hydrogens (tertiary/aromatic N) is 2. The summed E-state index contributed by atoms with van der Waals surface area (Å²) < 4.78 is 27.8. The van der Waals surface area contributed by atoms with Gasteiger partial charge in [-0.25, -0.2) is 8.42 Å². The Bertz CT molecular complexity index is 924. The second-order valence-corrected chi connectivity index (χ2v) is 9.16. The largest absolute Gasteiger partial charge is 0.309 e. The number of rotatable bonds is 5. The van der Waals surface area contributed by atoms with E-state index >= 15 is 0 Å². The molecule has 2 aromatic rings. The summed E-state index contributed by atoms with van der Waals surface area (Å²) in [6, 6.07) is 13.8. The van der Waals surface area contributed by atoms with Crippen LogP contribution in [0.5, 0.6) is 0 Å². The van der Waals surface area contributed by atoms with Crippen LogP contribution in [0.25, 0.3) is 0 Å². The predicted octanol–water partition coefficient (Wildman–Crippen LogP) is 4.57. The molecule has 1 heterocycles. The van der Waals surface area contributed by atoms with Crippen LogP contribution in [-0.4, -0.2) is 38.3 Å². The first-order valence-electron chi connectivity index (χ1n) is 9.61. The Kier molecular flexibility index (Phi) is 6.75. The van der Waals surface area contributed by atoms with Gasteiger partial charge in [0.2, 0.25) is 10.0 Å². The lowest BCUT2D eigenvalue weighted by atomic mass is 10.2. The Morgan fingerprint density at radius 3 is 2.29 bits per heavy atom. The molecule has 0 atom stereocenters. The van der Waals surface area contributed by atoms with Crippen LogP contribution in [-0.2, 0) is 10.0 Å². The van der Waals surface area contributed by atoms with Gasteiger partial charge in [0.05, 0.1) is 5.02 Å². The van der Waals surface area contributed by atoms with Crippen LogP contribution in [0.4, 0.5) is 5.69 Å². The number of carbonyl (C=O) groups excluding carboxylic acids is 1. The lowest BCUT2D eigenvalue weighted by molar-refractivity contribution is 0.0988. The minimum Gasteiger partial charge on any atom is -0.309 e. The molecule has 7 heteroatoms. The minimum atomic E-state index is -3.74. The van der Waals surface area contributed by atoms with Crippen LogP contribution in [0.15, 0.2) is 53.4 Å². The molecule has 0 radical (unpaired) electrons. The highest BCUT2D eigenvalue weighted by Gasteiger charge is 2.29. The van der Waals surface area contributed by atoms with Gasteiger partial charge in [-0.3, -0.25) is 4.79 Å². The van der Waals surface area contributed by atoms with Gasteiger partial charge in [-0.2, -0.15) is 4.31 Å². The molecule has 0 unspecified atom stereocenters. The normalized spacial score (nSPS) is 15.8. The molecular formula is C21H25ClN2O3S. The Labute approximate surface area is 172 Å². The zero-order valence-electron chi connectivity index (χ0n) is 16.0. The molecule has 0 N–H and O–H groups in total. The van der Waals surface area contributed by atoms with Crippen molar-refractivity contribution in [3.8, 4) is 0 Å². The van der Waals surface area contributed by atoms with E-state index in [2.05, 4.69) is 0 Å². The summed E-state index contributed by atoms with van der Waals surface area (Å²) in [5, 5.41) is 0.142. The van der Waals surface area contributed by atoms with Crippen LogP contribution in [0, 0.1) is 0 Å². The monoisotopic (exact) mass is 420 g/mol. The van der Waals surface area contributed by atoms with Gasteiger partial charge < -0.3 is 4.90 Å². The van der Waals surface area contributed by atoms with E-state index < -0.39 is 10.0 Å². The van der Waals surface area contributed by atoms with Crippen molar-refractivity contribution in [3.05, 3.63) is 59.1 Å². The number of halogens is 1. The van der Waals surface area contributed by atoms with Crippen molar-refractivity contribution < 1.29 is 13.2 Å². The fraction of sp³-hybridized carbons (Fsp3) is 0.381. The SMILES string of the molecule is CCN(C(=O)c1ccc(Cl)c(S(=O)(=O)N2CCCCCC2)c1)c1ccccc1. The molecule has 0 aromatic heterocycles. The quantitative estimate of drug-likeness (QED) is 0.711. The number of carbonyl (C=O) groups is 1. The maximum atomic E-state index is 13.2. The molecule has 0 aliphatic carbocycles. The number of benzene rings is 2. The van der Waals surface area contributed by atoms with Crippen LogP contribution >= 0.6 is 11.6 Å². The maximum Gasteiger partial charge on any atom is 0.258 e. The van der Waals surface area contributed by atoms with Crippen molar-refractivity contribution in [2.75, 3.05) is 24.5 Å². The number of hydrogen-bond acceptors (Lipinski definition) is 3. The van der Waals surface area contributed by atoms with Crippen molar-refractivity contribution >= 4 is 33.2 Å². The molecule has 0 spiro atoms. The number of sulfonamides is 1. The molecule has 3 rings (SSSR count). The summed E-state index contributed by atoms with van der Waals surface area (Å²) in [5.74, 6) is -0.252. The van der Waals surface area contributed by atoms with Crippen LogP contribution in [0.1, 0.15) is 43.0 Å². The van der Waals surface area contributed by atoms with Crippen molar-refractivity contribution in [1.82, 2.24) is 4.31 Å². The van der Waals surface area contributed by atoms with Crippen LogP contribution in [0.3, 0.4) is 0 Å². The standard InChI is InChI=1S/C21H25ClN2O3S/c1-2-24(18-10-6-5-7-11-18)21(25)17-12-13-19(22)20(16-17)28(26,27)23-14-8-3-4-9-15-23/h5-7,10-13,16H,2-4,8-9,14-15H2,1H3. The van der Waals surface area contributed by atoms with E-state index in [4.69, 9.17) is 11.6 Å². The summed E-state index contributed by atoms with van der Waals surface area (Å²) in [4.78, 5) is 14.7. The molecule has 0 saturated carbocycles. The van der Waals surface area contributed by atoms with Crippen LogP contribution < -0.4 is 4.90 Å². The van der Waals surface area contributed by atoms with Gasteiger partial charge in [0, 0.05) is 30.9 Å². The molecule has 1 aliphatic heterocycles. The summed E-state index contributed by atoms with van der Waals surface area (Å²) in [5.41, 5.74) is 1.07. The number of amides is 1. The molecule has 0 bridgehead atoms. The molecule has 28 heavy (non-hydrogen) atoms. The number of anilines is 1. The van der Waals surface area contributed by atoms with Gasteiger partial charge in [0.15, 0.2) is 0 Å². The first-order chi connectivity index (χ1) is 13.4. The van der Waals surface area contributed by atoms with Crippen LogP contribution in [0.2, 0.25) is 5.02 Å². The Hall–Kier alpha value is -1.89. The fourth-order valence-electron chi connectivity index (χ4n) is 3.46. The number of hydrogen-bond donors (Lipinski definition) is 0. The maximum absolute atomic E-state index is 13.2. The average molecular weight is 421 g/mol. The van der Waals surface area contributed by atoms with Gasteiger partial charge >= 0.3 is 0 Å². The van der Waals surface area contributed by atoms with Crippen molar-refractivity contribution in [1.29, 1.82) is 0 Å². The average Bonchev–Trinajstić information content (AvgIpc) is 2.99. The molecule has 1 aliphatic rings. The molecule has 1 saturated heterocycles. The second-order valence-electron chi connectivity index (χ2n) is 6.85. The topological polar surface area (TPSA) is 57.7 Å². The molecule has 150 valence electrons. The highest BCUT2D eigenvalue weighted by molar-refractivity contribution is 7.89. The molecule has 5 nitrogen and oxygen atoms in total. The van der Waals surface area contributed by atoms with Gasteiger partial charge in [0.1, 0.15) is 4.90 Å². The third kappa shape index (κ3) is 4.40. The van der Waals surface area contributed by atoms with E-state index in [1.165, 1.54) is 16.4 Å².